The minimum atomic E-state index is -1.14. The molecule has 2 heterocycles. The fourth-order valence-electron chi connectivity index (χ4n) is 3.65. The van der Waals surface area contributed by atoms with Crippen LogP contribution in [0.1, 0.15) is 53.3 Å². The molecule has 35 heavy (non-hydrogen) atoms. The van der Waals surface area contributed by atoms with E-state index in [1.165, 1.54) is 30.6 Å². The van der Waals surface area contributed by atoms with E-state index < -0.39 is 36.1 Å². The second-order valence-corrected chi connectivity index (χ2v) is 8.60. The Kier molecular flexibility index (Phi) is 6.71. The largest absolute Gasteiger partial charge is 0.496 e. The molecule has 0 spiro atoms. The number of esters is 1. The Morgan fingerprint density at radius 3 is 2.40 bits per heavy atom. The number of methoxy groups -OCH3 is 1. The van der Waals surface area contributed by atoms with Crippen LogP contribution in [0.3, 0.4) is 0 Å². The summed E-state index contributed by atoms with van der Waals surface area (Å²) in [6.07, 6.45) is 0. The van der Waals surface area contributed by atoms with Crippen LogP contribution in [0.5, 0.6) is 5.75 Å². The SMILES string of the molecule is COc1ccc(CN2C(=O)c3ccccc3C2=O)cc1C(=O)OCC(=O)[C@H](C#N)c1nc(C)cs1. The summed E-state index contributed by atoms with van der Waals surface area (Å²) in [6, 6.07) is 13.0. The predicted octanol–water partition coefficient (Wildman–Crippen LogP) is 3.29. The lowest BCUT2D eigenvalue weighted by Crippen LogP contribution is -2.29. The Hall–Kier alpha value is -4.36. The second kappa shape index (κ2) is 9.87. The number of ether oxygens (including phenoxy) is 2. The number of benzene rings is 2. The first-order chi connectivity index (χ1) is 16.8. The molecule has 176 valence electrons. The van der Waals surface area contributed by atoms with Gasteiger partial charge < -0.3 is 9.47 Å². The molecule has 4 rings (SSSR count). The topological polar surface area (TPSA) is 127 Å². The van der Waals surface area contributed by atoms with Gasteiger partial charge in [0.1, 0.15) is 16.3 Å². The molecule has 1 aliphatic rings. The van der Waals surface area contributed by atoms with Crippen molar-refractivity contribution in [1.29, 1.82) is 5.26 Å². The van der Waals surface area contributed by atoms with Crippen molar-refractivity contribution in [2.75, 3.05) is 13.7 Å². The van der Waals surface area contributed by atoms with E-state index in [1.807, 2.05) is 6.07 Å². The number of hydrogen-bond acceptors (Lipinski definition) is 9. The molecule has 2 amide bonds. The van der Waals surface area contributed by atoms with Crippen LogP contribution >= 0.6 is 11.3 Å². The summed E-state index contributed by atoms with van der Waals surface area (Å²) < 4.78 is 10.4. The highest BCUT2D eigenvalue weighted by atomic mass is 32.1. The molecule has 3 aromatic rings. The van der Waals surface area contributed by atoms with Crippen molar-refractivity contribution >= 4 is 34.9 Å². The molecule has 10 heteroatoms. The van der Waals surface area contributed by atoms with Crippen molar-refractivity contribution in [1.82, 2.24) is 9.88 Å². The van der Waals surface area contributed by atoms with Crippen LogP contribution in [0.4, 0.5) is 0 Å². The maximum Gasteiger partial charge on any atom is 0.342 e. The molecule has 1 atom stereocenters. The quantitative estimate of drug-likeness (QED) is 0.348. The number of hydrogen-bond donors (Lipinski definition) is 0. The summed E-state index contributed by atoms with van der Waals surface area (Å²) in [7, 11) is 1.37. The number of aromatic nitrogens is 1. The van der Waals surface area contributed by atoms with Crippen LogP contribution in [0.25, 0.3) is 0 Å². The van der Waals surface area contributed by atoms with Gasteiger partial charge in [-0.1, -0.05) is 18.2 Å². The van der Waals surface area contributed by atoms with Gasteiger partial charge in [0.2, 0.25) is 0 Å². The van der Waals surface area contributed by atoms with Gasteiger partial charge in [0.05, 0.1) is 30.9 Å². The van der Waals surface area contributed by atoms with Gasteiger partial charge >= 0.3 is 5.97 Å². The second-order valence-electron chi connectivity index (χ2n) is 7.71. The van der Waals surface area contributed by atoms with E-state index in [9.17, 15) is 24.4 Å². The number of carbonyl (C=O) groups excluding carboxylic acids is 4. The number of imide groups is 1. The Morgan fingerprint density at radius 1 is 1.14 bits per heavy atom. The van der Waals surface area contributed by atoms with E-state index in [1.54, 1.807) is 42.6 Å². The van der Waals surface area contributed by atoms with Crippen LogP contribution in [-0.2, 0) is 16.1 Å². The lowest BCUT2D eigenvalue weighted by Gasteiger charge is -2.16. The fraction of sp³-hybridized carbons (Fsp3) is 0.200. The van der Waals surface area contributed by atoms with Crippen molar-refractivity contribution < 1.29 is 28.7 Å². The molecule has 0 fully saturated rings. The lowest BCUT2D eigenvalue weighted by molar-refractivity contribution is -0.122. The molecular formula is C25H19N3O6S. The molecule has 9 nitrogen and oxygen atoms in total. The maximum atomic E-state index is 12.8. The molecule has 1 aromatic heterocycles. The zero-order valence-electron chi connectivity index (χ0n) is 18.8. The standard InChI is InChI=1S/C25H19N3O6S/c1-14-13-35-22(27-14)19(10-26)20(29)12-34-25(32)18-9-15(7-8-21(18)33-2)11-28-23(30)16-5-3-4-6-17(16)24(28)31/h3-9,13,19H,11-12H2,1-2H3/t19-/m0/s1. The Labute approximate surface area is 204 Å². The Balaban J connectivity index is 1.48. The molecule has 0 saturated heterocycles. The average Bonchev–Trinajstić information content (AvgIpc) is 3.39. The van der Waals surface area contributed by atoms with E-state index >= 15 is 0 Å². The molecule has 0 N–H and O–H groups in total. The highest BCUT2D eigenvalue weighted by Crippen LogP contribution is 2.27. The third-order valence-corrected chi connectivity index (χ3v) is 6.41. The number of fused-ring (bicyclic) bond motifs is 1. The normalized spacial score (nSPS) is 13.2. The van der Waals surface area contributed by atoms with E-state index in [2.05, 4.69) is 4.98 Å². The molecule has 0 unspecified atom stereocenters. The fourth-order valence-corrected chi connectivity index (χ4v) is 4.51. The van der Waals surface area contributed by atoms with E-state index in [0.717, 1.165) is 4.90 Å². The highest BCUT2D eigenvalue weighted by molar-refractivity contribution is 7.09. The first-order valence-electron chi connectivity index (χ1n) is 10.5. The Bertz CT molecular complexity index is 1350. The molecule has 1 aliphatic heterocycles. The third kappa shape index (κ3) is 4.67. The Morgan fingerprint density at radius 2 is 1.83 bits per heavy atom. The average molecular weight is 490 g/mol. The summed E-state index contributed by atoms with van der Waals surface area (Å²) in [5, 5.41) is 11.4. The van der Waals surface area contributed by atoms with E-state index in [0.29, 0.717) is 27.4 Å². The first-order valence-corrected chi connectivity index (χ1v) is 11.4. The van der Waals surface area contributed by atoms with Gasteiger partial charge in [0.15, 0.2) is 18.3 Å². The molecule has 0 saturated carbocycles. The summed E-state index contributed by atoms with van der Waals surface area (Å²) in [6.45, 7) is 1.07. The number of rotatable bonds is 8. The highest BCUT2D eigenvalue weighted by Gasteiger charge is 2.35. The van der Waals surface area contributed by atoms with E-state index in [4.69, 9.17) is 9.47 Å². The number of amides is 2. The predicted molar refractivity (Wildman–Crippen MR) is 124 cm³/mol. The molecule has 0 aliphatic carbocycles. The van der Waals surface area contributed by atoms with Crippen LogP contribution in [0, 0.1) is 18.3 Å². The summed E-state index contributed by atoms with van der Waals surface area (Å²) in [5.74, 6) is -3.22. The molecular weight excluding hydrogens is 470 g/mol. The summed E-state index contributed by atoms with van der Waals surface area (Å²) in [5.41, 5.74) is 1.85. The third-order valence-electron chi connectivity index (χ3n) is 5.38. The first kappa shape index (κ1) is 23.8. The molecule has 0 radical (unpaired) electrons. The minimum absolute atomic E-state index is 0.0213. The number of ketones is 1. The summed E-state index contributed by atoms with van der Waals surface area (Å²) >= 11 is 1.19. The van der Waals surface area contributed by atoms with Crippen molar-refractivity contribution in [3.8, 4) is 11.8 Å². The van der Waals surface area contributed by atoms with Crippen LogP contribution < -0.4 is 4.74 Å². The van der Waals surface area contributed by atoms with Crippen LogP contribution in [0.2, 0.25) is 0 Å². The summed E-state index contributed by atoms with van der Waals surface area (Å²) in [4.78, 5) is 55.9. The number of nitriles is 1. The van der Waals surface area contributed by atoms with Gasteiger partial charge in [-0.05, 0) is 36.8 Å². The van der Waals surface area contributed by atoms with E-state index in [-0.39, 0.29) is 17.9 Å². The molecule has 2 aromatic carbocycles. The van der Waals surface area contributed by atoms with Gasteiger partial charge in [0.25, 0.3) is 11.8 Å². The smallest absolute Gasteiger partial charge is 0.342 e. The maximum absolute atomic E-state index is 12.8. The number of Topliss-reactive ketones (excluding diaryl/α,β-unsaturated/α-hetero) is 1. The number of nitrogens with zero attached hydrogens (tertiary/aromatic N) is 3. The van der Waals surface area contributed by atoms with Crippen molar-refractivity contribution in [2.24, 2.45) is 0 Å². The van der Waals surface area contributed by atoms with Crippen molar-refractivity contribution in [3.63, 3.8) is 0 Å². The van der Waals surface area contributed by atoms with Gasteiger partial charge in [0, 0.05) is 11.1 Å². The zero-order chi connectivity index (χ0) is 25.1. The number of thiazole rings is 1. The van der Waals surface area contributed by atoms with Crippen LogP contribution in [0.15, 0.2) is 47.8 Å². The number of aryl methyl sites for hydroxylation is 1. The molecule has 0 bridgehead atoms. The van der Waals surface area contributed by atoms with Crippen molar-refractivity contribution in [2.45, 2.75) is 19.4 Å². The lowest BCUT2D eigenvalue weighted by atomic mass is 10.1. The van der Waals surface area contributed by atoms with Crippen LogP contribution in [-0.4, -0.2) is 47.2 Å². The van der Waals surface area contributed by atoms with Gasteiger partial charge in [-0.25, -0.2) is 9.78 Å². The van der Waals surface area contributed by atoms with Gasteiger partial charge in [-0.3, -0.25) is 19.3 Å². The van der Waals surface area contributed by atoms with Gasteiger partial charge in [-0.15, -0.1) is 11.3 Å². The zero-order valence-corrected chi connectivity index (χ0v) is 19.6. The minimum Gasteiger partial charge on any atom is -0.496 e. The van der Waals surface area contributed by atoms with Crippen molar-refractivity contribution in [3.05, 3.63) is 80.8 Å². The number of carbonyl (C=O) groups is 4. The van der Waals surface area contributed by atoms with Gasteiger partial charge in [-0.2, -0.15) is 5.26 Å². The monoisotopic (exact) mass is 489 g/mol.